The van der Waals surface area contributed by atoms with E-state index in [4.69, 9.17) is 0 Å². The number of benzene rings is 1. The Hall–Kier alpha value is -1.87. The Morgan fingerprint density at radius 2 is 1.90 bits per heavy atom. The Morgan fingerprint density at radius 1 is 1.14 bits per heavy atom. The highest BCUT2D eigenvalue weighted by molar-refractivity contribution is 5.46. The van der Waals surface area contributed by atoms with Crippen molar-refractivity contribution in [3.05, 3.63) is 59.4 Å². The summed E-state index contributed by atoms with van der Waals surface area (Å²) >= 11 is 0. The van der Waals surface area contributed by atoms with Crippen LogP contribution in [0.1, 0.15) is 30.2 Å². The van der Waals surface area contributed by atoms with Gasteiger partial charge in [0.05, 0.1) is 5.69 Å². The van der Waals surface area contributed by atoms with Crippen LogP contribution in [0, 0.1) is 6.92 Å². The van der Waals surface area contributed by atoms with Gasteiger partial charge in [-0.15, -0.1) is 0 Å². The minimum atomic E-state index is 0.833. The molecule has 0 spiro atoms. The Morgan fingerprint density at radius 3 is 2.62 bits per heavy atom. The van der Waals surface area contributed by atoms with Gasteiger partial charge in [-0.1, -0.05) is 36.8 Å². The Labute approximate surface area is 128 Å². The number of hydrogen-bond acceptors (Lipinski definition) is 3. The highest BCUT2D eigenvalue weighted by Gasteiger charge is 2.04. The van der Waals surface area contributed by atoms with Crippen LogP contribution in [-0.2, 0) is 13.1 Å². The molecule has 1 aromatic carbocycles. The van der Waals surface area contributed by atoms with E-state index >= 15 is 0 Å². The largest absolute Gasteiger partial charge is 0.370 e. The molecule has 0 unspecified atom stereocenters. The van der Waals surface area contributed by atoms with Crippen LogP contribution < -0.4 is 10.2 Å². The van der Waals surface area contributed by atoms with Crippen molar-refractivity contribution in [3.8, 4) is 0 Å². The van der Waals surface area contributed by atoms with Crippen LogP contribution in [-0.4, -0.2) is 18.6 Å². The number of aryl methyl sites for hydroxylation is 1. The molecule has 1 N–H and O–H groups in total. The Balaban J connectivity index is 1.99. The molecule has 3 nitrogen and oxygen atoms in total. The van der Waals surface area contributed by atoms with Crippen molar-refractivity contribution in [1.82, 2.24) is 10.3 Å². The number of nitrogens with one attached hydrogen (secondary N) is 1. The molecule has 21 heavy (non-hydrogen) atoms. The van der Waals surface area contributed by atoms with E-state index in [-0.39, 0.29) is 0 Å². The lowest BCUT2D eigenvalue weighted by molar-refractivity contribution is 0.664. The number of rotatable bonds is 7. The van der Waals surface area contributed by atoms with E-state index in [1.54, 1.807) is 0 Å². The van der Waals surface area contributed by atoms with Gasteiger partial charge in [-0.3, -0.25) is 4.98 Å². The number of aromatic nitrogens is 1. The first-order valence-electron chi connectivity index (χ1n) is 7.61. The molecule has 0 fully saturated rings. The van der Waals surface area contributed by atoms with E-state index in [0.717, 1.165) is 31.7 Å². The SMILES string of the molecule is CCCNCc1cc(N(C)Cc2ccc(C)cc2)ccn1. The lowest BCUT2D eigenvalue weighted by Gasteiger charge is -2.20. The van der Waals surface area contributed by atoms with Gasteiger partial charge in [0.2, 0.25) is 0 Å². The van der Waals surface area contributed by atoms with Gasteiger partial charge >= 0.3 is 0 Å². The second kappa shape index (κ2) is 7.79. The van der Waals surface area contributed by atoms with Crippen LogP contribution in [0.4, 0.5) is 5.69 Å². The third-order valence-electron chi connectivity index (χ3n) is 3.51. The van der Waals surface area contributed by atoms with E-state index in [2.05, 4.69) is 72.5 Å². The first-order chi connectivity index (χ1) is 10.2. The highest BCUT2D eigenvalue weighted by atomic mass is 15.1. The minimum Gasteiger partial charge on any atom is -0.370 e. The average Bonchev–Trinajstić information content (AvgIpc) is 2.50. The quantitative estimate of drug-likeness (QED) is 0.788. The maximum atomic E-state index is 4.42. The van der Waals surface area contributed by atoms with Gasteiger partial charge in [-0.2, -0.15) is 0 Å². The second-order valence-corrected chi connectivity index (χ2v) is 5.52. The molecule has 0 bridgehead atoms. The number of hydrogen-bond donors (Lipinski definition) is 1. The van der Waals surface area contributed by atoms with Crippen LogP contribution >= 0.6 is 0 Å². The zero-order valence-corrected chi connectivity index (χ0v) is 13.3. The number of anilines is 1. The van der Waals surface area contributed by atoms with Crippen LogP contribution in [0.15, 0.2) is 42.6 Å². The molecule has 0 saturated heterocycles. The summed E-state index contributed by atoms with van der Waals surface area (Å²) in [7, 11) is 2.12. The normalized spacial score (nSPS) is 10.6. The predicted molar refractivity (Wildman–Crippen MR) is 89.5 cm³/mol. The van der Waals surface area contributed by atoms with Crippen LogP contribution in [0.3, 0.4) is 0 Å². The Bertz CT molecular complexity index is 549. The molecule has 112 valence electrons. The molecule has 2 rings (SSSR count). The van der Waals surface area contributed by atoms with E-state index in [1.807, 2.05) is 6.20 Å². The van der Waals surface area contributed by atoms with Crippen molar-refractivity contribution < 1.29 is 0 Å². The summed E-state index contributed by atoms with van der Waals surface area (Å²) in [6.45, 7) is 7.06. The van der Waals surface area contributed by atoms with Crippen LogP contribution in [0.2, 0.25) is 0 Å². The second-order valence-electron chi connectivity index (χ2n) is 5.52. The highest BCUT2D eigenvalue weighted by Crippen LogP contribution is 2.16. The Kier molecular flexibility index (Phi) is 5.76. The van der Waals surface area contributed by atoms with Gasteiger partial charge in [0.15, 0.2) is 0 Å². The molecule has 0 aliphatic carbocycles. The zero-order chi connectivity index (χ0) is 15.1. The van der Waals surface area contributed by atoms with Gasteiger partial charge < -0.3 is 10.2 Å². The molecule has 1 aromatic heterocycles. The fourth-order valence-corrected chi connectivity index (χ4v) is 2.25. The van der Waals surface area contributed by atoms with Gasteiger partial charge in [-0.05, 0) is 37.6 Å². The molecule has 0 aliphatic heterocycles. The van der Waals surface area contributed by atoms with Crippen LogP contribution in [0.25, 0.3) is 0 Å². The third kappa shape index (κ3) is 4.87. The van der Waals surface area contributed by atoms with Crippen molar-refractivity contribution in [3.63, 3.8) is 0 Å². The van der Waals surface area contributed by atoms with Crippen LogP contribution in [0.5, 0.6) is 0 Å². The standard InChI is InChI=1S/C18H25N3/c1-4-10-19-13-17-12-18(9-11-20-17)21(3)14-16-7-5-15(2)6-8-16/h5-9,11-12,19H,4,10,13-14H2,1-3H3. The van der Waals surface area contributed by atoms with Gasteiger partial charge in [0, 0.05) is 32.0 Å². The average molecular weight is 283 g/mol. The number of pyridine rings is 1. The van der Waals surface area contributed by atoms with Crippen molar-refractivity contribution in [1.29, 1.82) is 0 Å². The summed E-state index contributed by atoms with van der Waals surface area (Å²) in [5.74, 6) is 0. The molecule has 0 atom stereocenters. The summed E-state index contributed by atoms with van der Waals surface area (Å²) < 4.78 is 0. The maximum Gasteiger partial charge on any atom is 0.0562 e. The maximum absolute atomic E-state index is 4.42. The minimum absolute atomic E-state index is 0.833. The fourth-order valence-electron chi connectivity index (χ4n) is 2.25. The van der Waals surface area contributed by atoms with Gasteiger partial charge in [-0.25, -0.2) is 0 Å². The van der Waals surface area contributed by atoms with E-state index < -0.39 is 0 Å². The van der Waals surface area contributed by atoms with Crippen molar-refractivity contribution in [2.45, 2.75) is 33.4 Å². The lowest BCUT2D eigenvalue weighted by Crippen LogP contribution is -2.18. The summed E-state index contributed by atoms with van der Waals surface area (Å²) in [5.41, 5.74) is 4.93. The predicted octanol–water partition coefficient (Wildman–Crippen LogP) is 3.53. The first-order valence-corrected chi connectivity index (χ1v) is 7.61. The zero-order valence-electron chi connectivity index (χ0n) is 13.3. The third-order valence-corrected chi connectivity index (χ3v) is 3.51. The molecular weight excluding hydrogens is 258 g/mol. The number of nitrogens with zero attached hydrogens (tertiary/aromatic N) is 2. The summed E-state index contributed by atoms with van der Waals surface area (Å²) in [5, 5.41) is 3.39. The first kappa shape index (κ1) is 15.5. The van der Waals surface area contributed by atoms with Crippen molar-refractivity contribution in [2.24, 2.45) is 0 Å². The molecule has 0 saturated carbocycles. The molecule has 1 heterocycles. The summed E-state index contributed by atoms with van der Waals surface area (Å²) in [4.78, 5) is 6.68. The summed E-state index contributed by atoms with van der Waals surface area (Å²) in [6, 6.07) is 12.9. The molecule has 3 heteroatoms. The van der Waals surface area contributed by atoms with E-state index in [9.17, 15) is 0 Å². The lowest BCUT2D eigenvalue weighted by atomic mass is 10.1. The monoisotopic (exact) mass is 283 g/mol. The van der Waals surface area contributed by atoms with E-state index in [1.165, 1.54) is 16.8 Å². The van der Waals surface area contributed by atoms with Crippen molar-refractivity contribution in [2.75, 3.05) is 18.5 Å². The van der Waals surface area contributed by atoms with Crippen molar-refractivity contribution >= 4 is 5.69 Å². The van der Waals surface area contributed by atoms with Gasteiger partial charge in [0.25, 0.3) is 0 Å². The topological polar surface area (TPSA) is 28.2 Å². The molecule has 0 amide bonds. The van der Waals surface area contributed by atoms with E-state index in [0.29, 0.717) is 0 Å². The van der Waals surface area contributed by atoms with Gasteiger partial charge in [0.1, 0.15) is 0 Å². The summed E-state index contributed by atoms with van der Waals surface area (Å²) in [6.07, 6.45) is 3.04. The molecule has 2 aromatic rings. The fraction of sp³-hybridized carbons (Fsp3) is 0.389. The molecule has 0 radical (unpaired) electrons. The molecular formula is C18H25N3. The smallest absolute Gasteiger partial charge is 0.0562 e. The molecule has 0 aliphatic rings.